The van der Waals surface area contributed by atoms with Gasteiger partial charge in [-0.1, -0.05) is 12.8 Å². The third-order valence-electron chi connectivity index (χ3n) is 2.45. The van der Waals surface area contributed by atoms with E-state index in [1.165, 1.54) is 12.1 Å². The second kappa shape index (κ2) is 4.19. The minimum atomic E-state index is -0.179. The van der Waals surface area contributed by atoms with E-state index >= 15 is 0 Å². The normalized spacial score (nSPS) is 18.6. The molecule has 76 valence electrons. The van der Waals surface area contributed by atoms with Gasteiger partial charge in [-0.2, -0.15) is 0 Å². The molecule has 2 rings (SSSR count). The predicted octanol–water partition coefficient (Wildman–Crippen LogP) is 1.79. The molecule has 0 N–H and O–H groups in total. The minimum absolute atomic E-state index is 0.179. The van der Waals surface area contributed by atoms with E-state index < -0.39 is 0 Å². The van der Waals surface area contributed by atoms with Crippen molar-refractivity contribution in [2.75, 3.05) is 31.1 Å². The van der Waals surface area contributed by atoms with Crippen LogP contribution in [0, 0.1) is 5.82 Å². The molecule has 0 atom stereocenters. The third-order valence-corrected chi connectivity index (χ3v) is 2.85. The second-order valence-corrected chi connectivity index (χ2v) is 3.98. The summed E-state index contributed by atoms with van der Waals surface area (Å²) in [6.45, 7) is 3.80. The van der Waals surface area contributed by atoms with Crippen molar-refractivity contribution in [2.45, 2.75) is 0 Å². The molecular weight excluding hydrogens is 199 g/mol. The quantitative estimate of drug-likeness (QED) is 0.709. The summed E-state index contributed by atoms with van der Waals surface area (Å²) in [7, 11) is 0. The Morgan fingerprint density at radius 1 is 1.00 bits per heavy atom. The summed E-state index contributed by atoms with van der Waals surface area (Å²) in [5.41, 5.74) is 1.09. The van der Waals surface area contributed by atoms with Gasteiger partial charge in [0, 0.05) is 31.9 Å². The fourth-order valence-electron chi connectivity index (χ4n) is 1.61. The van der Waals surface area contributed by atoms with Gasteiger partial charge in [0.15, 0.2) is 0 Å². The average Bonchev–Trinajstić information content (AvgIpc) is 2.21. The number of rotatable bonds is 1. The monoisotopic (exact) mass is 212 g/mol. The van der Waals surface area contributed by atoms with E-state index in [2.05, 4.69) is 17.7 Å². The number of hydrogen-bond donors (Lipinski definition) is 1. The van der Waals surface area contributed by atoms with E-state index in [1.54, 1.807) is 0 Å². The molecule has 1 fully saturated rings. The standard InChI is InChI=1S/C10H13FN2S/c11-9-1-3-10(4-2-9)12-5-7-13(14)8-6-12/h1-4,14H,5-8H2. The van der Waals surface area contributed by atoms with Gasteiger partial charge < -0.3 is 4.90 Å². The van der Waals surface area contributed by atoms with Crippen LogP contribution in [0.1, 0.15) is 0 Å². The van der Waals surface area contributed by atoms with Gasteiger partial charge >= 0.3 is 0 Å². The van der Waals surface area contributed by atoms with E-state index in [0.717, 1.165) is 31.9 Å². The van der Waals surface area contributed by atoms with Crippen LogP contribution < -0.4 is 4.90 Å². The lowest BCUT2D eigenvalue weighted by molar-refractivity contribution is 0.434. The summed E-state index contributed by atoms with van der Waals surface area (Å²) in [4.78, 5) is 2.24. The molecule has 4 heteroatoms. The molecule has 0 radical (unpaired) electrons. The van der Waals surface area contributed by atoms with Gasteiger partial charge in [-0.25, -0.2) is 8.70 Å². The largest absolute Gasteiger partial charge is 0.369 e. The SMILES string of the molecule is Fc1ccc(N2CCN(S)CC2)cc1. The number of anilines is 1. The first-order chi connectivity index (χ1) is 6.75. The van der Waals surface area contributed by atoms with E-state index in [0.29, 0.717) is 0 Å². The maximum atomic E-state index is 12.7. The van der Waals surface area contributed by atoms with Crippen molar-refractivity contribution in [3.63, 3.8) is 0 Å². The van der Waals surface area contributed by atoms with Crippen LogP contribution in [0.4, 0.5) is 10.1 Å². The van der Waals surface area contributed by atoms with E-state index in [9.17, 15) is 4.39 Å². The maximum Gasteiger partial charge on any atom is 0.123 e. The highest BCUT2D eigenvalue weighted by atomic mass is 32.1. The molecule has 0 unspecified atom stereocenters. The van der Waals surface area contributed by atoms with Crippen LogP contribution >= 0.6 is 12.8 Å². The fourth-order valence-corrected chi connectivity index (χ4v) is 1.78. The van der Waals surface area contributed by atoms with Gasteiger partial charge in [0.25, 0.3) is 0 Å². The van der Waals surface area contributed by atoms with Crippen LogP contribution in [0.25, 0.3) is 0 Å². The average molecular weight is 212 g/mol. The van der Waals surface area contributed by atoms with E-state index in [-0.39, 0.29) is 5.82 Å². The molecule has 1 saturated heterocycles. The molecule has 1 heterocycles. The highest BCUT2D eigenvalue weighted by molar-refractivity contribution is 7.77. The molecule has 1 aliphatic heterocycles. The lowest BCUT2D eigenvalue weighted by Gasteiger charge is -2.33. The van der Waals surface area contributed by atoms with Gasteiger partial charge in [0.2, 0.25) is 0 Å². The van der Waals surface area contributed by atoms with Crippen molar-refractivity contribution >= 4 is 18.5 Å². The summed E-state index contributed by atoms with van der Waals surface area (Å²) >= 11 is 4.28. The molecule has 0 amide bonds. The minimum Gasteiger partial charge on any atom is -0.369 e. The van der Waals surface area contributed by atoms with Crippen LogP contribution in [0.2, 0.25) is 0 Å². The fraction of sp³-hybridized carbons (Fsp3) is 0.400. The number of nitrogens with zero attached hydrogens (tertiary/aromatic N) is 2. The highest BCUT2D eigenvalue weighted by Gasteiger charge is 2.14. The Hall–Kier alpha value is -0.740. The highest BCUT2D eigenvalue weighted by Crippen LogP contribution is 2.17. The Bertz CT molecular complexity index is 293. The molecule has 1 aromatic carbocycles. The molecular formula is C10H13FN2S. The first kappa shape index (κ1) is 9.80. The summed E-state index contributed by atoms with van der Waals surface area (Å²) < 4.78 is 14.7. The van der Waals surface area contributed by atoms with Crippen molar-refractivity contribution in [3.8, 4) is 0 Å². The molecule has 14 heavy (non-hydrogen) atoms. The number of benzene rings is 1. The zero-order chi connectivity index (χ0) is 9.97. The smallest absolute Gasteiger partial charge is 0.123 e. The van der Waals surface area contributed by atoms with Crippen LogP contribution in [0.15, 0.2) is 24.3 Å². The Balaban J connectivity index is 2.05. The van der Waals surface area contributed by atoms with Crippen molar-refractivity contribution in [2.24, 2.45) is 0 Å². The maximum absolute atomic E-state index is 12.7. The van der Waals surface area contributed by atoms with Crippen molar-refractivity contribution in [1.82, 2.24) is 4.31 Å². The van der Waals surface area contributed by atoms with E-state index in [1.807, 2.05) is 16.4 Å². The zero-order valence-corrected chi connectivity index (χ0v) is 8.75. The third kappa shape index (κ3) is 2.19. The van der Waals surface area contributed by atoms with Crippen molar-refractivity contribution in [3.05, 3.63) is 30.1 Å². The molecule has 1 aromatic rings. The van der Waals surface area contributed by atoms with Crippen molar-refractivity contribution in [1.29, 1.82) is 0 Å². The summed E-state index contributed by atoms with van der Waals surface area (Å²) in [6.07, 6.45) is 0. The lowest BCUT2D eigenvalue weighted by Crippen LogP contribution is -2.42. The summed E-state index contributed by atoms with van der Waals surface area (Å²) in [6, 6.07) is 6.65. The van der Waals surface area contributed by atoms with E-state index in [4.69, 9.17) is 0 Å². The first-order valence-corrected chi connectivity index (χ1v) is 5.10. The Labute approximate surface area is 88.9 Å². The second-order valence-electron chi connectivity index (χ2n) is 3.42. The molecule has 0 saturated carbocycles. The predicted molar refractivity (Wildman–Crippen MR) is 59.2 cm³/mol. The summed E-state index contributed by atoms with van der Waals surface area (Å²) in [5.74, 6) is -0.179. The van der Waals surface area contributed by atoms with Gasteiger partial charge in [0.05, 0.1) is 0 Å². The number of halogens is 1. The molecule has 0 bridgehead atoms. The topological polar surface area (TPSA) is 6.48 Å². The van der Waals surface area contributed by atoms with Crippen LogP contribution in [0.3, 0.4) is 0 Å². The first-order valence-electron chi connectivity index (χ1n) is 4.70. The van der Waals surface area contributed by atoms with Crippen LogP contribution in [0.5, 0.6) is 0 Å². The number of thiol groups is 1. The molecule has 2 nitrogen and oxygen atoms in total. The molecule has 0 spiro atoms. The van der Waals surface area contributed by atoms with Crippen LogP contribution in [-0.4, -0.2) is 30.5 Å². The molecule has 0 aliphatic carbocycles. The number of piperazine rings is 1. The van der Waals surface area contributed by atoms with Gasteiger partial charge in [-0.3, -0.25) is 0 Å². The molecule has 0 aromatic heterocycles. The summed E-state index contributed by atoms with van der Waals surface area (Å²) in [5, 5.41) is 0. The number of hydrogen-bond acceptors (Lipinski definition) is 3. The Morgan fingerprint density at radius 2 is 1.57 bits per heavy atom. The van der Waals surface area contributed by atoms with Crippen LogP contribution in [-0.2, 0) is 0 Å². The zero-order valence-electron chi connectivity index (χ0n) is 7.86. The van der Waals surface area contributed by atoms with Gasteiger partial charge in [-0.15, -0.1) is 0 Å². The Morgan fingerprint density at radius 3 is 2.14 bits per heavy atom. The van der Waals surface area contributed by atoms with Crippen molar-refractivity contribution < 1.29 is 4.39 Å². The van der Waals surface area contributed by atoms with Gasteiger partial charge in [-0.05, 0) is 24.3 Å². The Kier molecular flexibility index (Phi) is 2.93. The molecule has 1 aliphatic rings. The lowest BCUT2D eigenvalue weighted by atomic mass is 10.2. The van der Waals surface area contributed by atoms with Gasteiger partial charge in [0.1, 0.15) is 5.82 Å².